The zero-order valence-electron chi connectivity index (χ0n) is 37.1. The number of carbonyl (C=O) groups is 2. The van der Waals surface area contributed by atoms with Gasteiger partial charge in [-0.2, -0.15) is 0 Å². The molecule has 336 valence electrons. The Bertz CT molecular complexity index is 990. The van der Waals surface area contributed by atoms with E-state index in [2.05, 4.69) is 38.2 Å². The standard InChI is InChI=1S/C47H90NO8P/c1-3-5-7-9-11-13-15-17-19-21-22-24-25-27-29-31-33-35-37-39-46(49)53-43-45(44-55-57(51,52)54-42-41-48)56-47(50)40-38-36-34-32-30-28-26-23-20-18-16-14-12-10-8-6-4-2/h12,14,18,20,45H,3-11,13,15-17,19,21-44,48H2,1-2H3,(H,51,52)/t45-/m1/s1. The largest absolute Gasteiger partial charge is 0.472 e. The lowest BCUT2D eigenvalue weighted by Gasteiger charge is -2.19. The van der Waals surface area contributed by atoms with Gasteiger partial charge < -0.3 is 20.1 Å². The summed E-state index contributed by atoms with van der Waals surface area (Å²) in [5.41, 5.74) is 5.36. The van der Waals surface area contributed by atoms with Gasteiger partial charge in [-0.25, -0.2) is 4.57 Å². The van der Waals surface area contributed by atoms with Gasteiger partial charge in [0.2, 0.25) is 0 Å². The number of phosphoric ester groups is 1. The van der Waals surface area contributed by atoms with Crippen LogP contribution in [0.5, 0.6) is 0 Å². The monoisotopic (exact) mass is 828 g/mol. The van der Waals surface area contributed by atoms with Gasteiger partial charge in [0.05, 0.1) is 13.2 Å². The van der Waals surface area contributed by atoms with Gasteiger partial charge in [-0.3, -0.25) is 18.6 Å². The van der Waals surface area contributed by atoms with Crippen LogP contribution in [0.25, 0.3) is 0 Å². The number of carbonyl (C=O) groups excluding carboxylic acids is 2. The predicted molar refractivity (Wildman–Crippen MR) is 238 cm³/mol. The molecule has 2 atom stereocenters. The molecule has 9 nitrogen and oxygen atoms in total. The van der Waals surface area contributed by atoms with E-state index in [1.165, 1.54) is 148 Å². The molecule has 0 radical (unpaired) electrons. The highest BCUT2D eigenvalue weighted by Crippen LogP contribution is 2.43. The van der Waals surface area contributed by atoms with Crippen molar-refractivity contribution in [2.24, 2.45) is 5.73 Å². The molecule has 0 saturated carbocycles. The van der Waals surface area contributed by atoms with E-state index >= 15 is 0 Å². The second kappa shape index (κ2) is 44.1. The van der Waals surface area contributed by atoms with Gasteiger partial charge in [0.25, 0.3) is 0 Å². The van der Waals surface area contributed by atoms with Crippen LogP contribution in [-0.4, -0.2) is 49.3 Å². The van der Waals surface area contributed by atoms with E-state index in [4.69, 9.17) is 24.3 Å². The van der Waals surface area contributed by atoms with Crippen molar-refractivity contribution in [3.05, 3.63) is 24.3 Å². The highest BCUT2D eigenvalue weighted by molar-refractivity contribution is 7.47. The molecule has 0 fully saturated rings. The van der Waals surface area contributed by atoms with Crippen molar-refractivity contribution >= 4 is 19.8 Å². The van der Waals surface area contributed by atoms with Gasteiger partial charge in [-0.15, -0.1) is 0 Å². The van der Waals surface area contributed by atoms with Gasteiger partial charge in [-0.05, 0) is 44.9 Å². The van der Waals surface area contributed by atoms with E-state index in [-0.39, 0.29) is 38.6 Å². The lowest BCUT2D eigenvalue weighted by Crippen LogP contribution is -2.29. The van der Waals surface area contributed by atoms with E-state index in [1.54, 1.807) is 0 Å². The van der Waals surface area contributed by atoms with Crippen molar-refractivity contribution in [2.75, 3.05) is 26.4 Å². The fourth-order valence-electron chi connectivity index (χ4n) is 6.78. The van der Waals surface area contributed by atoms with Crippen LogP contribution in [0.1, 0.15) is 232 Å². The third-order valence-corrected chi connectivity index (χ3v) is 11.3. The maximum absolute atomic E-state index is 12.6. The fraction of sp³-hybridized carbons (Fsp3) is 0.872. The zero-order valence-corrected chi connectivity index (χ0v) is 38.0. The number of ether oxygens (including phenoxy) is 2. The molecule has 0 aliphatic carbocycles. The third-order valence-electron chi connectivity index (χ3n) is 10.3. The minimum Gasteiger partial charge on any atom is -0.462 e. The van der Waals surface area contributed by atoms with E-state index in [9.17, 15) is 19.0 Å². The Kier molecular flexibility index (Phi) is 42.9. The molecule has 1 unspecified atom stereocenters. The molecule has 0 heterocycles. The summed E-state index contributed by atoms with van der Waals surface area (Å²) in [6, 6.07) is 0. The number of unbranched alkanes of at least 4 members (excludes halogenated alkanes) is 28. The highest BCUT2D eigenvalue weighted by Gasteiger charge is 2.26. The Morgan fingerprint density at radius 1 is 0.526 bits per heavy atom. The summed E-state index contributed by atoms with van der Waals surface area (Å²) in [5, 5.41) is 0. The lowest BCUT2D eigenvalue weighted by molar-refractivity contribution is -0.161. The van der Waals surface area contributed by atoms with E-state index in [0.717, 1.165) is 51.4 Å². The van der Waals surface area contributed by atoms with Crippen LogP contribution in [0.4, 0.5) is 0 Å². The topological polar surface area (TPSA) is 134 Å². The summed E-state index contributed by atoms with van der Waals surface area (Å²) >= 11 is 0. The molecular weight excluding hydrogens is 737 g/mol. The fourth-order valence-corrected chi connectivity index (χ4v) is 7.55. The molecule has 3 N–H and O–H groups in total. The van der Waals surface area contributed by atoms with Gasteiger partial charge in [-0.1, -0.05) is 199 Å². The van der Waals surface area contributed by atoms with E-state index < -0.39 is 26.5 Å². The first kappa shape index (κ1) is 55.5. The second-order valence-corrected chi connectivity index (χ2v) is 17.4. The van der Waals surface area contributed by atoms with Crippen LogP contribution in [-0.2, 0) is 32.7 Å². The highest BCUT2D eigenvalue weighted by atomic mass is 31.2. The van der Waals surface area contributed by atoms with Crippen LogP contribution >= 0.6 is 7.82 Å². The lowest BCUT2D eigenvalue weighted by atomic mass is 10.0. The summed E-state index contributed by atoms with van der Waals surface area (Å²) < 4.78 is 32.9. The molecule has 57 heavy (non-hydrogen) atoms. The van der Waals surface area contributed by atoms with Gasteiger partial charge >= 0.3 is 19.8 Å². The Hall–Kier alpha value is -1.51. The van der Waals surface area contributed by atoms with Crippen molar-refractivity contribution in [3.63, 3.8) is 0 Å². The predicted octanol–water partition coefficient (Wildman–Crippen LogP) is 13.9. The molecule has 10 heteroatoms. The van der Waals surface area contributed by atoms with Gasteiger partial charge in [0.15, 0.2) is 6.10 Å². The third kappa shape index (κ3) is 43.9. The summed E-state index contributed by atoms with van der Waals surface area (Å²) in [5.74, 6) is -0.826. The molecule has 0 spiro atoms. The summed E-state index contributed by atoms with van der Waals surface area (Å²) in [6.45, 7) is 3.74. The minimum absolute atomic E-state index is 0.0537. The second-order valence-electron chi connectivity index (χ2n) is 16.0. The number of hydrogen-bond donors (Lipinski definition) is 2. The van der Waals surface area contributed by atoms with Gasteiger partial charge in [0, 0.05) is 19.4 Å². The molecule has 0 aromatic heterocycles. The number of nitrogens with two attached hydrogens (primary N) is 1. The molecule has 0 bridgehead atoms. The normalized spacial score (nSPS) is 13.4. The summed E-state index contributed by atoms with van der Waals surface area (Å²) in [6.07, 6.45) is 47.8. The zero-order chi connectivity index (χ0) is 41.8. The van der Waals surface area contributed by atoms with Crippen LogP contribution in [0.3, 0.4) is 0 Å². The Morgan fingerprint density at radius 3 is 1.37 bits per heavy atom. The van der Waals surface area contributed by atoms with Crippen LogP contribution < -0.4 is 5.73 Å². The van der Waals surface area contributed by atoms with Crippen LogP contribution in [0, 0.1) is 0 Å². The summed E-state index contributed by atoms with van der Waals surface area (Å²) in [7, 11) is -4.38. The van der Waals surface area contributed by atoms with Crippen LogP contribution in [0.15, 0.2) is 24.3 Å². The van der Waals surface area contributed by atoms with Crippen molar-refractivity contribution < 1.29 is 37.6 Å². The first-order chi connectivity index (χ1) is 27.8. The number of phosphoric acid groups is 1. The number of allylic oxidation sites excluding steroid dienone is 4. The molecule has 0 aromatic carbocycles. The van der Waals surface area contributed by atoms with Crippen LogP contribution in [0.2, 0.25) is 0 Å². The molecule has 0 saturated heterocycles. The molecule has 0 rings (SSSR count). The van der Waals surface area contributed by atoms with Crippen molar-refractivity contribution in [2.45, 2.75) is 238 Å². The molecule has 0 aromatic rings. The average molecular weight is 828 g/mol. The Morgan fingerprint density at radius 2 is 0.912 bits per heavy atom. The first-order valence-corrected chi connectivity index (χ1v) is 25.3. The quantitative estimate of drug-likeness (QED) is 0.0266. The molecule has 0 aliphatic rings. The first-order valence-electron chi connectivity index (χ1n) is 23.8. The number of esters is 2. The van der Waals surface area contributed by atoms with E-state index in [0.29, 0.717) is 6.42 Å². The number of rotatable bonds is 45. The molecule has 0 aliphatic heterocycles. The maximum atomic E-state index is 12.6. The number of hydrogen-bond acceptors (Lipinski definition) is 8. The van der Waals surface area contributed by atoms with E-state index in [1.807, 2.05) is 0 Å². The Labute approximate surface area is 351 Å². The summed E-state index contributed by atoms with van der Waals surface area (Å²) in [4.78, 5) is 35.0. The minimum atomic E-state index is -4.38. The van der Waals surface area contributed by atoms with Crippen molar-refractivity contribution in [1.82, 2.24) is 0 Å². The SMILES string of the molecule is CCCCCC=CCC=CCCCCCCCCCC(=O)O[C@H](COC(=O)CCCCCCCCCCCCCCCCCCCCC)COP(=O)(O)OCCN. The average Bonchev–Trinajstić information content (AvgIpc) is 3.20. The van der Waals surface area contributed by atoms with Crippen molar-refractivity contribution in [1.29, 1.82) is 0 Å². The Balaban J connectivity index is 4.07. The maximum Gasteiger partial charge on any atom is 0.472 e. The molecule has 0 amide bonds. The smallest absolute Gasteiger partial charge is 0.462 e. The van der Waals surface area contributed by atoms with Crippen molar-refractivity contribution in [3.8, 4) is 0 Å². The van der Waals surface area contributed by atoms with Gasteiger partial charge in [0.1, 0.15) is 6.61 Å². The molecular formula is C47H90NO8P.